The van der Waals surface area contributed by atoms with Crippen LogP contribution in [0.5, 0.6) is 5.75 Å². The normalized spacial score (nSPS) is 26.5. The van der Waals surface area contributed by atoms with E-state index in [2.05, 4.69) is 21.9 Å². The predicted octanol–water partition coefficient (Wildman–Crippen LogP) is 3.33. The van der Waals surface area contributed by atoms with E-state index in [1.807, 2.05) is 0 Å². The number of carbonyl (C=O) groups excluding carboxylic acids is 4. The molecule has 0 aromatic heterocycles. The lowest BCUT2D eigenvalue weighted by Gasteiger charge is -2.44. The van der Waals surface area contributed by atoms with Gasteiger partial charge in [-0.2, -0.15) is 0 Å². The number of hydrogen-bond donors (Lipinski definition) is 7. The fourth-order valence-electron chi connectivity index (χ4n) is 5.92. The molecule has 13 nitrogen and oxygen atoms in total. The van der Waals surface area contributed by atoms with Crippen LogP contribution in [0.15, 0.2) is 82.2 Å². The van der Waals surface area contributed by atoms with Crippen LogP contribution < -0.4 is 21.1 Å². The van der Waals surface area contributed by atoms with Crippen molar-refractivity contribution in [2.45, 2.75) is 37.6 Å². The maximum absolute atomic E-state index is 13.8. The molecule has 47 heavy (non-hydrogen) atoms. The summed E-state index contributed by atoms with van der Waals surface area (Å²) in [4.78, 5) is 53.2. The van der Waals surface area contributed by atoms with Crippen LogP contribution in [0.2, 0.25) is 0 Å². The van der Waals surface area contributed by atoms with Gasteiger partial charge in [-0.3, -0.25) is 14.4 Å². The van der Waals surface area contributed by atoms with Gasteiger partial charge in [0.1, 0.15) is 28.6 Å². The average molecular weight is 663 g/mol. The first-order valence-corrected chi connectivity index (χ1v) is 14.2. The van der Waals surface area contributed by atoms with Crippen LogP contribution in [0.4, 0.5) is 23.7 Å². The molecule has 252 valence electrons. The van der Waals surface area contributed by atoms with Gasteiger partial charge >= 0.3 is 12.4 Å². The summed E-state index contributed by atoms with van der Waals surface area (Å²) < 4.78 is 41.1. The Labute approximate surface area is 266 Å². The molecule has 16 heteroatoms. The highest BCUT2D eigenvalue weighted by atomic mass is 19.4. The van der Waals surface area contributed by atoms with E-state index in [9.17, 15) is 52.8 Å². The average Bonchev–Trinajstić information content (AvgIpc) is 2.97. The summed E-state index contributed by atoms with van der Waals surface area (Å²) in [6.07, 6.45) is -3.33. The number of halogens is 3. The quantitative estimate of drug-likeness (QED) is 0.174. The molecule has 0 heterocycles. The second kappa shape index (κ2) is 12.9. The number of ketones is 2. The number of aliphatic hydroxyl groups excluding tert-OH is 3. The first-order chi connectivity index (χ1) is 21.8. The third kappa shape index (κ3) is 6.96. The Hall–Kier alpha value is -5.25. The van der Waals surface area contributed by atoms with E-state index in [1.54, 1.807) is 19.0 Å². The lowest BCUT2D eigenvalue weighted by Crippen LogP contribution is -2.56. The standard InChI is InChI=1S/C31H33F3N4O9/c1-14-24(40)16(13-36-29(45)37-18-5-8-20(9-6-18)47-31(32,33)34)11-19(38(2)3)7-4-15-10-17-12-21(39)23(28(35)44)27(43)30(17,46)26(42)22(15)25(14)41/h5-6,8-9,11,15,17,39-40,42,46H,1,4,7,10,12-13H2,2-3H3,(H2,35,44)(H2,36,37,45)/b19-11+,24-16-/t15?,17?,30-/m0/s1. The Morgan fingerprint density at radius 1 is 1.15 bits per heavy atom. The summed E-state index contributed by atoms with van der Waals surface area (Å²) >= 11 is 0. The number of nitrogens with two attached hydrogens (primary N) is 1. The third-order valence-corrected chi connectivity index (χ3v) is 8.29. The number of ether oxygens (including phenoxy) is 1. The van der Waals surface area contributed by atoms with Crippen LogP contribution in [-0.2, 0) is 14.4 Å². The van der Waals surface area contributed by atoms with Crippen molar-refractivity contribution in [2.24, 2.45) is 17.6 Å². The fraction of sp³-hybridized carbons (Fsp3) is 0.355. The molecule has 4 rings (SSSR count). The maximum Gasteiger partial charge on any atom is 0.573 e. The van der Waals surface area contributed by atoms with E-state index in [-0.39, 0.29) is 43.5 Å². The van der Waals surface area contributed by atoms with Gasteiger partial charge in [-0.25, -0.2) is 4.79 Å². The Kier molecular flexibility index (Phi) is 9.47. The number of urea groups is 1. The molecule has 2 unspecified atom stereocenters. The van der Waals surface area contributed by atoms with Gasteiger partial charge < -0.3 is 46.4 Å². The summed E-state index contributed by atoms with van der Waals surface area (Å²) in [7, 11) is 3.42. The van der Waals surface area contributed by atoms with Crippen molar-refractivity contribution in [2.75, 3.05) is 26.0 Å². The second-order valence-corrected chi connectivity index (χ2v) is 11.5. The molecule has 0 radical (unpaired) electrons. The third-order valence-electron chi connectivity index (χ3n) is 8.29. The molecule has 3 atom stereocenters. The van der Waals surface area contributed by atoms with Gasteiger partial charge in [0, 0.05) is 55.5 Å². The smallest absolute Gasteiger partial charge is 0.511 e. The number of alkyl halides is 3. The van der Waals surface area contributed by atoms with Crippen molar-refractivity contribution in [1.29, 1.82) is 0 Å². The van der Waals surface area contributed by atoms with Crippen LogP contribution in [0.25, 0.3) is 0 Å². The number of rotatable bonds is 6. The van der Waals surface area contributed by atoms with E-state index in [0.717, 1.165) is 12.1 Å². The number of nitrogens with zero attached hydrogens (tertiary/aromatic N) is 1. The number of allylic oxidation sites excluding steroid dienone is 4. The summed E-state index contributed by atoms with van der Waals surface area (Å²) in [5.74, 6) is -8.39. The minimum Gasteiger partial charge on any atom is -0.511 e. The zero-order chi connectivity index (χ0) is 35.0. The van der Waals surface area contributed by atoms with Crippen molar-refractivity contribution >= 4 is 29.2 Å². The van der Waals surface area contributed by atoms with E-state index in [0.29, 0.717) is 5.70 Å². The van der Waals surface area contributed by atoms with Gasteiger partial charge in [0.15, 0.2) is 11.4 Å². The SMILES string of the molecule is C=C1C(=O)C2=C(O)[C@]3(O)C(=O)C(C(N)=O)=C(O)CC3CC2CC/C(N(C)C)=C\C(CNC(=O)Nc2ccc(OC(F)(F)F)cc2)=C/1O. The zero-order valence-corrected chi connectivity index (χ0v) is 25.3. The predicted molar refractivity (Wildman–Crippen MR) is 160 cm³/mol. The number of nitrogens with one attached hydrogen (secondary N) is 2. The summed E-state index contributed by atoms with van der Waals surface area (Å²) in [5.41, 5.74) is 1.40. The van der Waals surface area contributed by atoms with Gasteiger partial charge in [-0.05, 0) is 55.5 Å². The van der Waals surface area contributed by atoms with Crippen LogP contribution in [0.3, 0.4) is 0 Å². The summed E-state index contributed by atoms with van der Waals surface area (Å²) in [6.45, 7) is 3.30. The van der Waals surface area contributed by atoms with Crippen molar-refractivity contribution < 1.29 is 57.5 Å². The molecule has 0 spiro atoms. The van der Waals surface area contributed by atoms with Gasteiger partial charge in [0.25, 0.3) is 5.91 Å². The topological polar surface area (TPSA) is 212 Å². The van der Waals surface area contributed by atoms with Crippen molar-refractivity contribution in [1.82, 2.24) is 10.2 Å². The Morgan fingerprint density at radius 2 is 1.79 bits per heavy atom. The highest BCUT2D eigenvalue weighted by Gasteiger charge is 2.59. The number of primary amides is 1. The molecular weight excluding hydrogens is 629 g/mol. The van der Waals surface area contributed by atoms with Crippen molar-refractivity contribution in [3.63, 3.8) is 0 Å². The minimum absolute atomic E-state index is 0.0136. The fourth-order valence-corrected chi connectivity index (χ4v) is 5.92. The number of fused-ring (bicyclic) bond motifs is 2. The van der Waals surface area contributed by atoms with Crippen LogP contribution in [-0.4, -0.2) is 81.4 Å². The van der Waals surface area contributed by atoms with E-state index in [1.165, 1.54) is 18.2 Å². The largest absolute Gasteiger partial charge is 0.573 e. The molecule has 3 aliphatic carbocycles. The Bertz CT molecular complexity index is 1660. The molecule has 1 aromatic carbocycles. The molecule has 0 fully saturated rings. The number of benzene rings is 1. The van der Waals surface area contributed by atoms with Gasteiger partial charge in [0.05, 0.1) is 5.57 Å². The number of Topliss-reactive ketones (excluding diaryl/α,β-unsaturated/α-hetero) is 2. The molecule has 0 aliphatic heterocycles. The van der Waals surface area contributed by atoms with E-state index < -0.39 is 87.1 Å². The first kappa shape index (κ1) is 34.6. The van der Waals surface area contributed by atoms with Crippen LogP contribution in [0, 0.1) is 11.8 Å². The number of amides is 3. The molecule has 0 saturated heterocycles. The summed E-state index contributed by atoms with van der Waals surface area (Å²) in [6, 6.07) is 3.52. The highest BCUT2D eigenvalue weighted by molar-refractivity contribution is 6.24. The second-order valence-electron chi connectivity index (χ2n) is 11.5. The number of carbonyl (C=O) groups is 4. The Balaban J connectivity index is 1.64. The monoisotopic (exact) mass is 662 g/mol. The van der Waals surface area contributed by atoms with Gasteiger partial charge in [-0.1, -0.05) is 6.58 Å². The Morgan fingerprint density at radius 3 is 2.36 bits per heavy atom. The number of hydrogen-bond acceptors (Lipinski definition) is 10. The first-order valence-electron chi connectivity index (χ1n) is 14.2. The molecule has 0 bridgehead atoms. The lowest BCUT2D eigenvalue weighted by atomic mass is 9.62. The van der Waals surface area contributed by atoms with Crippen LogP contribution >= 0.6 is 0 Å². The molecular formula is C31H33F3N4O9. The maximum atomic E-state index is 13.8. The zero-order valence-electron chi connectivity index (χ0n) is 25.3. The lowest BCUT2D eigenvalue weighted by molar-refractivity contribution is -0.274. The van der Waals surface area contributed by atoms with Gasteiger partial charge in [0.2, 0.25) is 5.78 Å². The number of aliphatic hydroxyl groups is 4. The highest BCUT2D eigenvalue weighted by Crippen LogP contribution is 2.49. The van der Waals surface area contributed by atoms with Crippen molar-refractivity contribution in [3.8, 4) is 5.75 Å². The van der Waals surface area contributed by atoms with E-state index >= 15 is 0 Å². The number of anilines is 1. The van der Waals surface area contributed by atoms with Crippen molar-refractivity contribution in [3.05, 3.63) is 82.2 Å². The van der Waals surface area contributed by atoms with Crippen LogP contribution in [0.1, 0.15) is 25.7 Å². The molecule has 3 amide bonds. The molecule has 8 N–H and O–H groups in total. The molecule has 1 aromatic rings. The molecule has 3 aliphatic rings. The summed E-state index contributed by atoms with van der Waals surface area (Å²) in [5, 5.41) is 49.3. The molecule has 0 saturated carbocycles. The van der Waals surface area contributed by atoms with E-state index in [4.69, 9.17) is 5.73 Å². The minimum atomic E-state index is -4.89. The van der Waals surface area contributed by atoms with Gasteiger partial charge in [-0.15, -0.1) is 13.2 Å².